The third-order valence-electron chi connectivity index (χ3n) is 2.74. The van der Waals surface area contributed by atoms with E-state index in [4.69, 9.17) is 5.73 Å². The van der Waals surface area contributed by atoms with Crippen molar-refractivity contribution in [3.8, 4) is 11.8 Å². The molecule has 1 amide bonds. The van der Waals surface area contributed by atoms with Gasteiger partial charge in [0.2, 0.25) is 0 Å². The van der Waals surface area contributed by atoms with Crippen LogP contribution in [0, 0.1) is 18.8 Å². The Labute approximate surface area is 118 Å². The van der Waals surface area contributed by atoms with Crippen LogP contribution in [0.1, 0.15) is 21.5 Å². The molecule has 0 atom stereocenters. The Morgan fingerprint density at radius 3 is 2.95 bits per heavy atom. The quantitative estimate of drug-likeness (QED) is 0.815. The molecule has 0 bridgehead atoms. The molecule has 0 spiro atoms. The minimum absolute atomic E-state index is 0.190. The zero-order valence-electron chi connectivity index (χ0n) is 11.2. The summed E-state index contributed by atoms with van der Waals surface area (Å²) in [7, 11) is 0. The maximum atomic E-state index is 12.1. The predicted octanol–water partition coefficient (Wildman–Crippen LogP) is 1.95. The molecule has 1 aromatic carbocycles. The zero-order valence-corrected chi connectivity index (χ0v) is 11.2. The number of nitrogens with one attached hydrogen (secondary N) is 1. The number of nitrogens with zero attached hydrogens (tertiary/aromatic N) is 1. The largest absolute Gasteiger partial charge is 0.322 e. The highest BCUT2D eigenvalue weighted by Crippen LogP contribution is 2.17. The van der Waals surface area contributed by atoms with Crippen LogP contribution in [0.3, 0.4) is 0 Å². The summed E-state index contributed by atoms with van der Waals surface area (Å²) in [6.45, 7) is 2.24. The molecule has 3 N–H and O–H groups in total. The van der Waals surface area contributed by atoms with E-state index in [1.807, 2.05) is 25.1 Å². The first-order valence-corrected chi connectivity index (χ1v) is 6.21. The van der Waals surface area contributed by atoms with Gasteiger partial charge in [-0.1, -0.05) is 17.9 Å². The number of benzene rings is 1. The van der Waals surface area contributed by atoms with E-state index in [9.17, 15) is 4.79 Å². The van der Waals surface area contributed by atoms with Crippen LogP contribution < -0.4 is 11.1 Å². The van der Waals surface area contributed by atoms with Crippen molar-refractivity contribution in [3.05, 3.63) is 59.4 Å². The molecule has 1 heterocycles. The Morgan fingerprint density at radius 1 is 1.40 bits per heavy atom. The van der Waals surface area contributed by atoms with Crippen LogP contribution in [0.25, 0.3) is 0 Å². The van der Waals surface area contributed by atoms with Gasteiger partial charge >= 0.3 is 0 Å². The van der Waals surface area contributed by atoms with Crippen LogP contribution in [-0.2, 0) is 0 Å². The first-order chi connectivity index (χ1) is 9.70. The molecule has 0 radical (unpaired) electrons. The number of carbonyl (C=O) groups is 1. The summed E-state index contributed by atoms with van der Waals surface area (Å²) in [6.07, 6.45) is 3.16. The first kappa shape index (κ1) is 13.8. The van der Waals surface area contributed by atoms with Crippen molar-refractivity contribution in [2.75, 3.05) is 11.9 Å². The molecular weight excluding hydrogens is 250 g/mol. The topological polar surface area (TPSA) is 68.0 Å². The number of amides is 1. The summed E-state index contributed by atoms with van der Waals surface area (Å²) in [5.74, 6) is 5.55. The van der Waals surface area contributed by atoms with Crippen LogP contribution >= 0.6 is 0 Å². The third-order valence-corrected chi connectivity index (χ3v) is 2.74. The van der Waals surface area contributed by atoms with Crippen molar-refractivity contribution in [3.63, 3.8) is 0 Å². The number of pyridine rings is 1. The van der Waals surface area contributed by atoms with Gasteiger partial charge in [-0.3, -0.25) is 9.78 Å². The van der Waals surface area contributed by atoms with E-state index in [0.717, 1.165) is 16.8 Å². The summed E-state index contributed by atoms with van der Waals surface area (Å²) in [4.78, 5) is 16.0. The number of aryl methyl sites for hydroxylation is 1. The average Bonchev–Trinajstić information content (AvgIpc) is 2.49. The van der Waals surface area contributed by atoms with Crippen molar-refractivity contribution < 1.29 is 4.79 Å². The third kappa shape index (κ3) is 3.44. The van der Waals surface area contributed by atoms with E-state index >= 15 is 0 Å². The van der Waals surface area contributed by atoms with E-state index in [2.05, 4.69) is 22.1 Å². The number of hydrogen-bond donors (Lipinski definition) is 2. The Bertz CT molecular complexity index is 669. The summed E-state index contributed by atoms with van der Waals surface area (Å²) in [5, 5.41) is 2.87. The molecule has 0 fully saturated rings. The number of aromatic nitrogens is 1. The van der Waals surface area contributed by atoms with E-state index in [0.29, 0.717) is 12.1 Å². The van der Waals surface area contributed by atoms with Gasteiger partial charge in [0.25, 0.3) is 5.91 Å². The minimum atomic E-state index is -0.190. The molecule has 0 unspecified atom stereocenters. The fourth-order valence-corrected chi connectivity index (χ4v) is 1.68. The SMILES string of the molecule is Cc1ccc(C#CCN)cc1NC(=O)c1cccnc1. The predicted molar refractivity (Wildman–Crippen MR) is 79.3 cm³/mol. The van der Waals surface area contributed by atoms with Crippen molar-refractivity contribution in [1.29, 1.82) is 0 Å². The molecule has 4 heteroatoms. The molecule has 100 valence electrons. The summed E-state index contributed by atoms with van der Waals surface area (Å²) in [5.41, 5.74) is 8.40. The van der Waals surface area contributed by atoms with Crippen LogP contribution in [0.2, 0.25) is 0 Å². The van der Waals surface area contributed by atoms with Crippen molar-refractivity contribution in [2.24, 2.45) is 5.73 Å². The maximum Gasteiger partial charge on any atom is 0.257 e. The second-order valence-electron chi connectivity index (χ2n) is 4.23. The normalized spacial score (nSPS) is 9.50. The van der Waals surface area contributed by atoms with Crippen molar-refractivity contribution >= 4 is 11.6 Å². The highest BCUT2D eigenvalue weighted by molar-refractivity contribution is 6.04. The van der Waals surface area contributed by atoms with Crippen molar-refractivity contribution in [2.45, 2.75) is 6.92 Å². The smallest absolute Gasteiger partial charge is 0.257 e. The summed E-state index contributed by atoms with van der Waals surface area (Å²) < 4.78 is 0. The fraction of sp³-hybridized carbons (Fsp3) is 0.125. The Balaban J connectivity index is 2.22. The molecule has 0 aliphatic heterocycles. The second-order valence-corrected chi connectivity index (χ2v) is 4.23. The van der Waals surface area contributed by atoms with E-state index in [-0.39, 0.29) is 5.91 Å². The average molecular weight is 265 g/mol. The Kier molecular flexibility index (Phi) is 4.48. The van der Waals surface area contributed by atoms with Gasteiger partial charge in [0.15, 0.2) is 0 Å². The van der Waals surface area contributed by atoms with Gasteiger partial charge in [-0.2, -0.15) is 0 Å². The summed E-state index contributed by atoms with van der Waals surface area (Å²) in [6, 6.07) is 9.10. The van der Waals surface area contributed by atoms with Crippen LogP contribution in [-0.4, -0.2) is 17.4 Å². The van der Waals surface area contributed by atoms with E-state index < -0.39 is 0 Å². The molecule has 0 saturated heterocycles. The molecule has 0 aliphatic carbocycles. The van der Waals surface area contributed by atoms with Gasteiger partial charge in [-0.05, 0) is 36.8 Å². The molecular formula is C16H15N3O. The van der Waals surface area contributed by atoms with Gasteiger partial charge in [0.1, 0.15) is 0 Å². The highest BCUT2D eigenvalue weighted by Gasteiger charge is 2.07. The lowest BCUT2D eigenvalue weighted by molar-refractivity contribution is 0.102. The first-order valence-electron chi connectivity index (χ1n) is 6.21. The minimum Gasteiger partial charge on any atom is -0.322 e. The number of anilines is 1. The lowest BCUT2D eigenvalue weighted by Crippen LogP contribution is -2.13. The number of hydrogen-bond acceptors (Lipinski definition) is 3. The Hall–Kier alpha value is -2.64. The van der Waals surface area contributed by atoms with Gasteiger partial charge in [-0.15, -0.1) is 0 Å². The van der Waals surface area contributed by atoms with E-state index in [1.54, 1.807) is 18.3 Å². The molecule has 0 aliphatic rings. The van der Waals surface area contributed by atoms with Gasteiger partial charge in [0.05, 0.1) is 12.1 Å². The van der Waals surface area contributed by atoms with Gasteiger partial charge < -0.3 is 11.1 Å². The van der Waals surface area contributed by atoms with Crippen LogP contribution in [0.15, 0.2) is 42.7 Å². The van der Waals surface area contributed by atoms with Crippen LogP contribution in [0.5, 0.6) is 0 Å². The number of carbonyl (C=O) groups excluding carboxylic acids is 1. The molecule has 2 rings (SSSR count). The lowest BCUT2D eigenvalue weighted by atomic mass is 10.1. The molecule has 20 heavy (non-hydrogen) atoms. The van der Waals surface area contributed by atoms with E-state index in [1.165, 1.54) is 6.20 Å². The molecule has 1 aromatic heterocycles. The number of nitrogens with two attached hydrogens (primary N) is 1. The Morgan fingerprint density at radius 2 is 2.25 bits per heavy atom. The standard InChI is InChI=1S/C16H15N3O/c1-12-6-7-13(4-2-8-17)10-15(12)19-16(20)14-5-3-9-18-11-14/h3,5-7,9-11H,8,17H2,1H3,(H,19,20). The lowest BCUT2D eigenvalue weighted by Gasteiger charge is -2.08. The van der Waals surface area contributed by atoms with Gasteiger partial charge in [0, 0.05) is 23.6 Å². The zero-order chi connectivity index (χ0) is 14.4. The second kappa shape index (κ2) is 6.50. The highest BCUT2D eigenvalue weighted by atomic mass is 16.1. The number of rotatable bonds is 2. The maximum absolute atomic E-state index is 12.1. The molecule has 0 saturated carbocycles. The molecule has 4 nitrogen and oxygen atoms in total. The van der Waals surface area contributed by atoms with Crippen LogP contribution in [0.4, 0.5) is 5.69 Å². The summed E-state index contributed by atoms with van der Waals surface area (Å²) >= 11 is 0. The monoisotopic (exact) mass is 265 g/mol. The van der Waals surface area contributed by atoms with Gasteiger partial charge in [-0.25, -0.2) is 0 Å². The fourth-order valence-electron chi connectivity index (χ4n) is 1.68. The molecule has 2 aromatic rings. The van der Waals surface area contributed by atoms with Crippen molar-refractivity contribution in [1.82, 2.24) is 4.98 Å².